The molecule has 4 heteroatoms. The number of rotatable bonds is 5. The third-order valence-corrected chi connectivity index (χ3v) is 5.34. The second kappa shape index (κ2) is 5.32. The van der Waals surface area contributed by atoms with Crippen LogP contribution >= 0.6 is 0 Å². The number of aliphatic hydroxyl groups is 1. The van der Waals surface area contributed by atoms with E-state index in [1.54, 1.807) is 0 Å². The smallest absolute Gasteiger partial charge is 0.0791 e. The number of nitrogens with zero attached hydrogens (tertiary/aromatic N) is 1. The monoisotopic (exact) mass is 268 g/mol. The molecule has 4 atom stereocenters. The van der Waals surface area contributed by atoms with Gasteiger partial charge in [-0.15, -0.1) is 0 Å². The lowest BCUT2D eigenvalue weighted by Gasteiger charge is -2.55. The van der Waals surface area contributed by atoms with E-state index in [-0.39, 0.29) is 11.5 Å². The van der Waals surface area contributed by atoms with Crippen LogP contribution in [-0.4, -0.2) is 61.0 Å². The van der Waals surface area contributed by atoms with Gasteiger partial charge in [-0.1, -0.05) is 13.8 Å². The van der Waals surface area contributed by atoms with Crippen molar-refractivity contribution in [2.75, 3.05) is 32.8 Å². The first-order valence-corrected chi connectivity index (χ1v) is 7.84. The lowest BCUT2D eigenvalue weighted by molar-refractivity contribution is -0.114. The topological polar surface area (TPSA) is 44.7 Å². The Labute approximate surface area is 116 Å². The number of ether oxygens (including phenoxy) is 1. The number of nitrogens with one attached hydrogen (secondary N) is 1. The Morgan fingerprint density at radius 2 is 2.11 bits per heavy atom. The molecule has 0 bridgehead atoms. The van der Waals surface area contributed by atoms with Gasteiger partial charge in [-0.3, -0.25) is 0 Å². The molecule has 3 aliphatic rings. The maximum atomic E-state index is 10.2. The number of β-amino-alcohol motifs (C(OH)–C–C–N with tert-alkyl or cyclic N) is 1. The van der Waals surface area contributed by atoms with Gasteiger partial charge in [-0.25, -0.2) is 0 Å². The molecule has 0 spiro atoms. The van der Waals surface area contributed by atoms with Crippen LogP contribution in [0.15, 0.2) is 0 Å². The molecule has 2 aliphatic heterocycles. The van der Waals surface area contributed by atoms with Crippen LogP contribution in [0, 0.1) is 11.3 Å². The van der Waals surface area contributed by atoms with E-state index in [1.165, 1.54) is 19.3 Å². The minimum Gasteiger partial charge on any atom is -0.390 e. The minimum atomic E-state index is -0.240. The first-order valence-electron chi connectivity index (χ1n) is 7.84. The highest BCUT2D eigenvalue weighted by Gasteiger charge is 2.58. The van der Waals surface area contributed by atoms with Gasteiger partial charge in [0.25, 0.3) is 0 Å². The summed E-state index contributed by atoms with van der Waals surface area (Å²) in [5, 5.41) is 13.8. The van der Waals surface area contributed by atoms with Gasteiger partial charge >= 0.3 is 0 Å². The number of likely N-dealkylation sites (tertiary alicyclic amines) is 1. The average Bonchev–Trinajstić information content (AvgIpc) is 2.98. The third-order valence-electron chi connectivity index (χ3n) is 5.34. The molecule has 2 heterocycles. The molecular formula is C15H28N2O2. The first kappa shape index (κ1) is 13.8. The van der Waals surface area contributed by atoms with Crippen molar-refractivity contribution in [3.8, 4) is 0 Å². The van der Waals surface area contributed by atoms with Crippen LogP contribution < -0.4 is 5.32 Å². The molecule has 0 amide bonds. The van der Waals surface area contributed by atoms with E-state index in [0.717, 1.165) is 26.2 Å². The Morgan fingerprint density at radius 3 is 2.84 bits per heavy atom. The molecule has 110 valence electrons. The van der Waals surface area contributed by atoms with Crippen LogP contribution in [0.1, 0.15) is 33.1 Å². The summed E-state index contributed by atoms with van der Waals surface area (Å²) < 4.78 is 5.80. The summed E-state index contributed by atoms with van der Waals surface area (Å²) in [4.78, 5) is 2.37. The van der Waals surface area contributed by atoms with Crippen molar-refractivity contribution in [2.24, 2.45) is 11.3 Å². The van der Waals surface area contributed by atoms with Crippen molar-refractivity contribution >= 4 is 0 Å². The summed E-state index contributed by atoms with van der Waals surface area (Å²) >= 11 is 0. The van der Waals surface area contributed by atoms with Crippen LogP contribution in [0.4, 0.5) is 0 Å². The zero-order valence-corrected chi connectivity index (χ0v) is 12.3. The maximum Gasteiger partial charge on any atom is 0.0791 e. The van der Waals surface area contributed by atoms with Gasteiger partial charge in [-0.05, 0) is 32.4 Å². The molecular weight excluding hydrogens is 240 g/mol. The van der Waals surface area contributed by atoms with Gasteiger partial charge in [-0.2, -0.15) is 0 Å². The molecule has 0 aromatic heterocycles. The minimum absolute atomic E-state index is 0.217. The van der Waals surface area contributed by atoms with E-state index in [9.17, 15) is 5.11 Å². The fourth-order valence-electron chi connectivity index (χ4n) is 4.33. The van der Waals surface area contributed by atoms with E-state index in [1.807, 2.05) is 0 Å². The molecule has 3 fully saturated rings. The van der Waals surface area contributed by atoms with Gasteiger partial charge in [0.05, 0.1) is 12.2 Å². The van der Waals surface area contributed by atoms with Crippen LogP contribution in [-0.2, 0) is 4.74 Å². The Bertz CT molecular complexity index is 315. The van der Waals surface area contributed by atoms with E-state index >= 15 is 0 Å². The van der Waals surface area contributed by atoms with Crippen LogP contribution in [0.2, 0.25) is 0 Å². The summed E-state index contributed by atoms with van der Waals surface area (Å²) in [7, 11) is 0. The van der Waals surface area contributed by atoms with Gasteiger partial charge in [0, 0.05) is 37.1 Å². The van der Waals surface area contributed by atoms with E-state index in [0.29, 0.717) is 24.6 Å². The molecule has 0 aromatic carbocycles. The lowest BCUT2D eigenvalue weighted by Crippen LogP contribution is -2.66. The number of hydrogen-bond donors (Lipinski definition) is 2. The summed E-state index contributed by atoms with van der Waals surface area (Å²) in [6.07, 6.45) is 3.94. The number of fused-ring (bicyclic) bond motifs is 1. The molecule has 3 rings (SSSR count). The van der Waals surface area contributed by atoms with E-state index in [2.05, 4.69) is 24.1 Å². The highest BCUT2D eigenvalue weighted by molar-refractivity contribution is 5.11. The van der Waals surface area contributed by atoms with Gasteiger partial charge in [0.15, 0.2) is 0 Å². The molecule has 4 unspecified atom stereocenters. The first-order chi connectivity index (χ1) is 9.09. The fourth-order valence-corrected chi connectivity index (χ4v) is 4.33. The van der Waals surface area contributed by atoms with Gasteiger partial charge in [0.2, 0.25) is 0 Å². The summed E-state index contributed by atoms with van der Waals surface area (Å²) in [5.74, 6) is 0.661. The zero-order valence-electron chi connectivity index (χ0n) is 12.3. The zero-order chi connectivity index (χ0) is 13.5. The third kappa shape index (κ3) is 2.56. The molecule has 1 aliphatic carbocycles. The molecule has 2 N–H and O–H groups in total. The fraction of sp³-hybridized carbons (Fsp3) is 1.00. The van der Waals surface area contributed by atoms with Crippen LogP contribution in [0.5, 0.6) is 0 Å². The largest absolute Gasteiger partial charge is 0.390 e. The normalized spacial score (nSPS) is 39.0. The SMILES string of the molecule is CC1(C)C(NCC(O)CN2CCCC2)C2CCOC21. The molecule has 0 aromatic rings. The quantitative estimate of drug-likeness (QED) is 0.776. The summed E-state index contributed by atoms with van der Waals surface area (Å²) in [5.41, 5.74) is 0.217. The predicted octanol–water partition coefficient (Wildman–Crippen LogP) is 0.846. The molecule has 19 heavy (non-hydrogen) atoms. The van der Waals surface area contributed by atoms with Crippen molar-refractivity contribution in [3.05, 3.63) is 0 Å². The lowest BCUT2D eigenvalue weighted by atomic mass is 9.57. The number of hydrogen-bond acceptors (Lipinski definition) is 4. The Hall–Kier alpha value is -0.160. The second-order valence-electron chi connectivity index (χ2n) is 7.11. The standard InChI is InChI=1S/C15H28N2O2/c1-15(2)13(12-5-8-19-14(12)15)16-9-11(18)10-17-6-3-4-7-17/h11-14,16,18H,3-10H2,1-2H3. The Balaban J connectivity index is 1.44. The maximum absolute atomic E-state index is 10.2. The van der Waals surface area contributed by atoms with E-state index < -0.39 is 0 Å². The summed E-state index contributed by atoms with van der Waals surface area (Å²) in [6, 6.07) is 0.508. The molecule has 1 saturated carbocycles. The van der Waals surface area contributed by atoms with Crippen LogP contribution in [0.3, 0.4) is 0 Å². The average molecular weight is 268 g/mol. The molecule has 0 radical (unpaired) electrons. The Morgan fingerprint density at radius 1 is 1.37 bits per heavy atom. The van der Waals surface area contributed by atoms with Crippen molar-refractivity contribution < 1.29 is 9.84 Å². The molecule has 2 saturated heterocycles. The second-order valence-corrected chi connectivity index (χ2v) is 7.11. The molecule has 4 nitrogen and oxygen atoms in total. The van der Waals surface area contributed by atoms with Crippen molar-refractivity contribution in [1.82, 2.24) is 10.2 Å². The highest BCUT2D eigenvalue weighted by Crippen LogP contribution is 2.51. The highest BCUT2D eigenvalue weighted by atomic mass is 16.5. The number of aliphatic hydroxyl groups excluding tert-OH is 1. The van der Waals surface area contributed by atoms with Gasteiger partial charge < -0.3 is 20.1 Å². The summed E-state index contributed by atoms with van der Waals surface area (Å²) in [6.45, 7) is 9.33. The van der Waals surface area contributed by atoms with Crippen molar-refractivity contribution in [1.29, 1.82) is 0 Å². The van der Waals surface area contributed by atoms with Gasteiger partial charge in [0.1, 0.15) is 0 Å². The predicted molar refractivity (Wildman–Crippen MR) is 75.1 cm³/mol. The Kier molecular flexibility index (Phi) is 3.87. The van der Waals surface area contributed by atoms with E-state index in [4.69, 9.17) is 4.74 Å². The van der Waals surface area contributed by atoms with Crippen molar-refractivity contribution in [2.45, 2.75) is 51.4 Å². The van der Waals surface area contributed by atoms with Crippen molar-refractivity contribution in [3.63, 3.8) is 0 Å². The van der Waals surface area contributed by atoms with Crippen LogP contribution in [0.25, 0.3) is 0 Å².